The summed E-state index contributed by atoms with van der Waals surface area (Å²) in [4.78, 5) is 11.2. The molecular weight excluding hydrogens is 190 g/mol. The minimum Gasteiger partial charge on any atom is -0.368 e. The molecule has 88 valence electrons. The summed E-state index contributed by atoms with van der Waals surface area (Å²) < 4.78 is 0. The normalized spacial score (nSPS) is 29.1. The van der Waals surface area contributed by atoms with Gasteiger partial charge in [0.25, 0.3) is 0 Å². The average Bonchev–Trinajstić information content (AvgIpc) is 2.15. The predicted octanol–water partition coefficient (Wildman–Crippen LogP) is 0.356. The van der Waals surface area contributed by atoms with Gasteiger partial charge in [0.15, 0.2) is 0 Å². The molecule has 1 atom stereocenters. The summed E-state index contributed by atoms with van der Waals surface area (Å²) in [6.45, 7) is 4.02. The van der Waals surface area contributed by atoms with Crippen molar-refractivity contribution in [3.63, 3.8) is 0 Å². The molecule has 1 unspecified atom stereocenters. The van der Waals surface area contributed by atoms with Gasteiger partial charge in [0.2, 0.25) is 5.91 Å². The lowest BCUT2D eigenvalue weighted by Gasteiger charge is -2.31. The first-order chi connectivity index (χ1) is 7.00. The number of nitrogens with one attached hydrogen (secondary N) is 1. The van der Waals surface area contributed by atoms with Crippen molar-refractivity contribution < 1.29 is 4.79 Å². The van der Waals surface area contributed by atoms with Crippen LogP contribution in [0.4, 0.5) is 0 Å². The number of amides is 1. The van der Waals surface area contributed by atoms with Crippen molar-refractivity contribution in [3.05, 3.63) is 0 Å². The van der Waals surface area contributed by atoms with E-state index in [1.807, 2.05) is 13.8 Å². The van der Waals surface area contributed by atoms with Crippen LogP contribution in [0.3, 0.4) is 0 Å². The fourth-order valence-corrected chi connectivity index (χ4v) is 2.14. The van der Waals surface area contributed by atoms with E-state index in [2.05, 4.69) is 5.32 Å². The third-order valence-corrected chi connectivity index (χ3v) is 3.16. The fourth-order valence-electron chi connectivity index (χ4n) is 2.14. The van der Waals surface area contributed by atoms with Crippen LogP contribution in [0.5, 0.6) is 0 Å². The SMILES string of the molecule is CC(C)C(NC1CCC(N)CC1)C(N)=O. The molecule has 1 saturated carbocycles. The second kappa shape index (κ2) is 5.47. The molecule has 0 bridgehead atoms. The predicted molar refractivity (Wildman–Crippen MR) is 61.2 cm³/mol. The number of rotatable bonds is 4. The van der Waals surface area contributed by atoms with E-state index >= 15 is 0 Å². The molecule has 1 fully saturated rings. The largest absolute Gasteiger partial charge is 0.368 e. The zero-order valence-electron chi connectivity index (χ0n) is 9.70. The molecule has 0 aromatic heterocycles. The number of hydrogen-bond donors (Lipinski definition) is 3. The lowest BCUT2D eigenvalue weighted by molar-refractivity contribution is -0.121. The number of primary amides is 1. The van der Waals surface area contributed by atoms with Gasteiger partial charge in [-0.2, -0.15) is 0 Å². The van der Waals surface area contributed by atoms with Gasteiger partial charge in [-0.1, -0.05) is 13.8 Å². The van der Waals surface area contributed by atoms with Gasteiger partial charge in [-0.3, -0.25) is 4.79 Å². The molecule has 1 aliphatic carbocycles. The molecule has 0 aromatic carbocycles. The van der Waals surface area contributed by atoms with E-state index in [1.165, 1.54) is 0 Å². The van der Waals surface area contributed by atoms with Crippen LogP contribution in [0.25, 0.3) is 0 Å². The zero-order valence-corrected chi connectivity index (χ0v) is 9.70. The molecular formula is C11H23N3O. The Morgan fingerprint density at radius 1 is 1.27 bits per heavy atom. The Hall–Kier alpha value is -0.610. The molecule has 1 amide bonds. The fraction of sp³-hybridized carbons (Fsp3) is 0.909. The van der Waals surface area contributed by atoms with Crippen molar-refractivity contribution >= 4 is 5.91 Å². The van der Waals surface area contributed by atoms with Gasteiger partial charge in [0.1, 0.15) is 0 Å². The molecule has 0 aliphatic heterocycles. The lowest BCUT2D eigenvalue weighted by atomic mass is 9.90. The summed E-state index contributed by atoms with van der Waals surface area (Å²) >= 11 is 0. The number of hydrogen-bond acceptors (Lipinski definition) is 3. The van der Waals surface area contributed by atoms with E-state index in [9.17, 15) is 4.79 Å². The highest BCUT2D eigenvalue weighted by atomic mass is 16.1. The standard InChI is InChI=1S/C11H23N3O/c1-7(2)10(11(13)15)14-9-5-3-8(12)4-6-9/h7-10,14H,3-6,12H2,1-2H3,(H2,13,15). The van der Waals surface area contributed by atoms with Gasteiger partial charge in [-0.15, -0.1) is 0 Å². The highest BCUT2D eigenvalue weighted by molar-refractivity contribution is 5.80. The van der Waals surface area contributed by atoms with Crippen molar-refractivity contribution in [2.24, 2.45) is 17.4 Å². The van der Waals surface area contributed by atoms with E-state index < -0.39 is 0 Å². The second-order valence-electron chi connectivity index (χ2n) is 4.90. The van der Waals surface area contributed by atoms with Gasteiger partial charge in [-0.05, 0) is 31.6 Å². The van der Waals surface area contributed by atoms with Gasteiger partial charge < -0.3 is 16.8 Å². The summed E-state index contributed by atoms with van der Waals surface area (Å²) in [7, 11) is 0. The Kier molecular flexibility index (Phi) is 4.54. The Morgan fingerprint density at radius 2 is 1.80 bits per heavy atom. The van der Waals surface area contributed by atoms with Crippen LogP contribution in [0.2, 0.25) is 0 Å². The minimum absolute atomic E-state index is 0.204. The van der Waals surface area contributed by atoms with Crippen LogP contribution in [-0.2, 0) is 4.79 Å². The number of nitrogens with two attached hydrogens (primary N) is 2. The van der Waals surface area contributed by atoms with E-state index in [-0.39, 0.29) is 17.9 Å². The molecule has 0 radical (unpaired) electrons. The van der Waals surface area contributed by atoms with Crippen molar-refractivity contribution in [2.45, 2.75) is 57.7 Å². The van der Waals surface area contributed by atoms with Crippen molar-refractivity contribution in [2.75, 3.05) is 0 Å². The number of carbonyl (C=O) groups excluding carboxylic acids is 1. The van der Waals surface area contributed by atoms with Gasteiger partial charge in [0.05, 0.1) is 6.04 Å². The Morgan fingerprint density at radius 3 is 2.20 bits per heavy atom. The maximum atomic E-state index is 11.2. The minimum atomic E-state index is -0.250. The molecule has 0 aromatic rings. The van der Waals surface area contributed by atoms with E-state index in [1.54, 1.807) is 0 Å². The maximum absolute atomic E-state index is 11.2. The highest BCUT2D eigenvalue weighted by Crippen LogP contribution is 2.18. The van der Waals surface area contributed by atoms with Crippen molar-refractivity contribution in [1.82, 2.24) is 5.32 Å². The van der Waals surface area contributed by atoms with Gasteiger partial charge in [-0.25, -0.2) is 0 Å². The molecule has 0 heterocycles. The summed E-state index contributed by atoms with van der Waals surface area (Å²) in [5.41, 5.74) is 11.2. The van der Waals surface area contributed by atoms with Gasteiger partial charge >= 0.3 is 0 Å². The lowest BCUT2D eigenvalue weighted by Crippen LogP contribution is -2.51. The third kappa shape index (κ3) is 3.80. The zero-order chi connectivity index (χ0) is 11.4. The summed E-state index contributed by atoms with van der Waals surface area (Å²) in [6, 6.07) is 0.545. The first-order valence-corrected chi connectivity index (χ1v) is 5.81. The van der Waals surface area contributed by atoms with Crippen LogP contribution in [0.1, 0.15) is 39.5 Å². The maximum Gasteiger partial charge on any atom is 0.234 e. The molecule has 4 nitrogen and oxygen atoms in total. The third-order valence-electron chi connectivity index (χ3n) is 3.16. The van der Waals surface area contributed by atoms with E-state index in [0.717, 1.165) is 25.7 Å². The average molecular weight is 213 g/mol. The number of carbonyl (C=O) groups is 1. The molecule has 0 spiro atoms. The summed E-state index contributed by atoms with van der Waals surface area (Å²) in [6.07, 6.45) is 4.19. The quantitative estimate of drug-likeness (QED) is 0.630. The Labute approximate surface area is 91.8 Å². The molecule has 5 N–H and O–H groups in total. The van der Waals surface area contributed by atoms with Crippen molar-refractivity contribution in [1.29, 1.82) is 0 Å². The Bertz CT molecular complexity index is 210. The van der Waals surface area contributed by atoms with Crippen LogP contribution >= 0.6 is 0 Å². The smallest absolute Gasteiger partial charge is 0.234 e. The Balaban J connectivity index is 2.41. The van der Waals surface area contributed by atoms with Crippen LogP contribution in [0.15, 0.2) is 0 Å². The first-order valence-electron chi connectivity index (χ1n) is 5.81. The molecule has 1 rings (SSSR count). The van der Waals surface area contributed by atoms with Gasteiger partial charge in [0, 0.05) is 12.1 Å². The summed E-state index contributed by atoms with van der Waals surface area (Å²) in [5.74, 6) is -0.00188. The summed E-state index contributed by atoms with van der Waals surface area (Å²) in [5, 5.41) is 3.35. The second-order valence-corrected chi connectivity index (χ2v) is 4.90. The van der Waals surface area contributed by atoms with E-state index in [4.69, 9.17) is 11.5 Å². The first kappa shape index (κ1) is 12.5. The van der Waals surface area contributed by atoms with Crippen LogP contribution in [-0.4, -0.2) is 24.0 Å². The van der Waals surface area contributed by atoms with Crippen LogP contribution in [0, 0.1) is 5.92 Å². The van der Waals surface area contributed by atoms with Crippen LogP contribution < -0.4 is 16.8 Å². The molecule has 4 heteroatoms. The monoisotopic (exact) mass is 213 g/mol. The molecule has 1 aliphatic rings. The highest BCUT2D eigenvalue weighted by Gasteiger charge is 2.25. The van der Waals surface area contributed by atoms with Crippen molar-refractivity contribution in [3.8, 4) is 0 Å². The molecule has 0 saturated heterocycles. The molecule has 15 heavy (non-hydrogen) atoms. The topological polar surface area (TPSA) is 81.1 Å². The van der Waals surface area contributed by atoms with E-state index in [0.29, 0.717) is 12.1 Å².